The van der Waals surface area contributed by atoms with Crippen molar-refractivity contribution in [1.82, 2.24) is 0 Å². The number of nitrogens with one attached hydrogen (secondary N) is 1. The molecular weight excluding hydrogens is 349 g/mol. The van der Waals surface area contributed by atoms with Crippen molar-refractivity contribution >= 4 is 45.8 Å². The van der Waals surface area contributed by atoms with Gasteiger partial charge in [0.2, 0.25) is 0 Å². The fraction of sp³-hybridized carbons (Fsp3) is 0.167. The van der Waals surface area contributed by atoms with Gasteiger partial charge in [0, 0.05) is 22.0 Å². The van der Waals surface area contributed by atoms with Gasteiger partial charge < -0.3 is 14.5 Å². The van der Waals surface area contributed by atoms with E-state index < -0.39 is 0 Å². The van der Waals surface area contributed by atoms with Crippen LogP contribution < -0.4 is 10.1 Å². The summed E-state index contributed by atoms with van der Waals surface area (Å²) in [6.07, 6.45) is 0. The van der Waals surface area contributed by atoms with Crippen LogP contribution in [0.5, 0.6) is 5.75 Å². The second kappa shape index (κ2) is 6.38. The highest BCUT2D eigenvalue weighted by Crippen LogP contribution is 2.34. The molecule has 24 heavy (non-hydrogen) atoms. The van der Waals surface area contributed by atoms with Crippen LogP contribution in [0.15, 0.2) is 34.7 Å². The van der Waals surface area contributed by atoms with Crippen molar-refractivity contribution < 1.29 is 13.9 Å². The molecule has 0 aliphatic heterocycles. The number of furan rings is 1. The number of amides is 1. The molecule has 0 aliphatic carbocycles. The number of halogens is 2. The van der Waals surface area contributed by atoms with E-state index in [9.17, 15) is 4.79 Å². The molecule has 6 heteroatoms. The Morgan fingerprint density at radius 1 is 1.17 bits per heavy atom. The van der Waals surface area contributed by atoms with Crippen LogP contribution in [0.3, 0.4) is 0 Å². The van der Waals surface area contributed by atoms with Gasteiger partial charge in [-0.05, 0) is 31.5 Å². The van der Waals surface area contributed by atoms with Crippen LogP contribution in [0.25, 0.3) is 11.0 Å². The predicted molar refractivity (Wildman–Crippen MR) is 96.7 cm³/mol. The number of methoxy groups -OCH3 is 1. The quantitative estimate of drug-likeness (QED) is 0.657. The highest BCUT2D eigenvalue weighted by Gasteiger charge is 2.20. The first-order valence-corrected chi connectivity index (χ1v) is 8.01. The van der Waals surface area contributed by atoms with Crippen molar-refractivity contribution in [2.24, 2.45) is 0 Å². The van der Waals surface area contributed by atoms with Crippen molar-refractivity contribution in [2.45, 2.75) is 13.8 Å². The Balaban J connectivity index is 2.01. The summed E-state index contributed by atoms with van der Waals surface area (Å²) in [4.78, 5) is 12.6. The van der Waals surface area contributed by atoms with E-state index in [1.54, 1.807) is 18.2 Å². The summed E-state index contributed by atoms with van der Waals surface area (Å²) in [5, 5.41) is 4.65. The summed E-state index contributed by atoms with van der Waals surface area (Å²) in [6, 6.07) is 8.82. The molecule has 0 spiro atoms. The smallest absolute Gasteiger partial charge is 0.291 e. The fourth-order valence-corrected chi connectivity index (χ4v) is 2.90. The zero-order chi connectivity index (χ0) is 17.4. The molecule has 0 fully saturated rings. The van der Waals surface area contributed by atoms with Gasteiger partial charge >= 0.3 is 0 Å². The Morgan fingerprint density at radius 3 is 2.58 bits per heavy atom. The third kappa shape index (κ3) is 2.83. The second-order valence-corrected chi connectivity index (χ2v) is 6.24. The van der Waals surface area contributed by atoms with Gasteiger partial charge in [-0.25, -0.2) is 0 Å². The van der Waals surface area contributed by atoms with E-state index in [0.29, 0.717) is 27.1 Å². The lowest BCUT2D eigenvalue weighted by atomic mass is 10.1. The van der Waals surface area contributed by atoms with Crippen molar-refractivity contribution in [3.05, 3.63) is 57.3 Å². The molecule has 0 saturated carbocycles. The summed E-state index contributed by atoms with van der Waals surface area (Å²) in [5.74, 6) is 0.318. The number of aryl methyl sites for hydroxylation is 2. The summed E-state index contributed by atoms with van der Waals surface area (Å²) >= 11 is 12.2. The van der Waals surface area contributed by atoms with Crippen molar-refractivity contribution in [3.8, 4) is 5.75 Å². The fourth-order valence-electron chi connectivity index (χ4n) is 2.53. The van der Waals surface area contributed by atoms with E-state index in [1.807, 2.05) is 26.0 Å². The maximum Gasteiger partial charge on any atom is 0.291 e. The maximum atomic E-state index is 12.6. The zero-order valence-corrected chi connectivity index (χ0v) is 14.9. The monoisotopic (exact) mass is 363 g/mol. The first kappa shape index (κ1) is 16.7. The minimum absolute atomic E-state index is 0.216. The number of hydrogen-bond acceptors (Lipinski definition) is 3. The molecule has 3 aromatic rings. The average Bonchev–Trinajstić information content (AvgIpc) is 2.89. The number of rotatable bonds is 3. The summed E-state index contributed by atoms with van der Waals surface area (Å²) in [5.41, 5.74) is 2.59. The minimum Gasteiger partial charge on any atom is -0.495 e. The van der Waals surface area contributed by atoms with E-state index in [2.05, 4.69) is 5.32 Å². The number of ether oxygens (including phenoxy) is 1. The first-order chi connectivity index (χ1) is 11.4. The summed E-state index contributed by atoms with van der Waals surface area (Å²) in [6.45, 7) is 3.67. The molecule has 124 valence electrons. The third-order valence-electron chi connectivity index (χ3n) is 3.85. The molecule has 0 unspecified atom stereocenters. The predicted octanol–water partition coefficient (Wildman–Crippen LogP) is 5.62. The van der Waals surface area contributed by atoms with E-state index in [4.69, 9.17) is 32.4 Å². The van der Waals surface area contributed by atoms with Gasteiger partial charge in [0.05, 0.1) is 17.8 Å². The lowest BCUT2D eigenvalue weighted by molar-refractivity contribution is 0.0997. The maximum absolute atomic E-state index is 12.6. The van der Waals surface area contributed by atoms with Gasteiger partial charge in [-0.1, -0.05) is 35.3 Å². The van der Waals surface area contributed by atoms with Gasteiger partial charge in [0.1, 0.15) is 5.75 Å². The Labute approximate surface area is 149 Å². The molecule has 0 saturated heterocycles. The standard InChI is InChI=1S/C18H15Cl2NO3/c1-9-7-14(15(23-3)8-13(9)20)21-18(22)16-10(2)11-5-4-6-12(19)17(11)24-16/h4-8H,1-3H3,(H,21,22). The largest absolute Gasteiger partial charge is 0.495 e. The number of benzene rings is 2. The Kier molecular flexibility index (Phi) is 4.43. The molecule has 0 radical (unpaired) electrons. The Bertz CT molecular complexity index is 947. The molecule has 2 aromatic carbocycles. The van der Waals surface area contributed by atoms with Gasteiger partial charge in [-0.15, -0.1) is 0 Å². The lowest BCUT2D eigenvalue weighted by Crippen LogP contribution is -2.13. The van der Waals surface area contributed by atoms with Crippen molar-refractivity contribution in [1.29, 1.82) is 0 Å². The highest BCUT2D eigenvalue weighted by atomic mass is 35.5. The van der Waals surface area contributed by atoms with Crippen LogP contribution in [0, 0.1) is 13.8 Å². The van der Waals surface area contributed by atoms with Gasteiger partial charge in [0.15, 0.2) is 11.3 Å². The molecule has 1 heterocycles. The Morgan fingerprint density at radius 2 is 1.92 bits per heavy atom. The number of hydrogen-bond donors (Lipinski definition) is 1. The van der Waals surface area contributed by atoms with Crippen molar-refractivity contribution in [2.75, 3.05) is 12.4 Å². The summed E-state index contributed by atoms with van der Waals surface area (Å²) < 4.78 is 11.0. The zero-order valence-electron chi connectivity index (χ0n) is 13.4. The molecule has 4 nitrogen and oxygen atoms in total. The van der Waals surface area contributed by atoms with Gasteiger partial charge in [-0.3, -0.25) is 4.79 Å². The third-order valence-corrected chi connectivity index (χ3v) is 4.56. The number of carbonyl (C=O) groups is 1. The van der Waals surface area contributed by atoms with Crippen LogP contribution in [0.2, 0.25) is 10.0 Å². The van der Waals surface area contributed by atoms with Crippen LogP contribution in [0.1, 0.15) is 21.7 Å². The van der Waals surface area contributed by atoms with Crippen LogP contribution >= 0.6 is 23.2 Å². The number of carbonyl (C=O) groups excluding carboxylic acids is 1. The van der Waals surface area contributed by atoms with Crippen LogP contribution in [-0.2, 0) is 0 Å². The van der Waals surface area contributed by atoms with E-state index in [1.165, 1.54) is 7.11 Å². The SMILES string of the molecule is COc1cc(Cl)c(C)cc1NC(=O)c1oc2c(Cl)cccc2c1C. The van der Waals surface area contributed by atoms with Crippen LogP contribution in [-0.4, -0.2) is 13.0 Å². The second-order valence-electron chi connectivity index (χ2n) is 5.43. The molecular formula is C18H15Cl2NO3. The Hall–Kier alpha value is -2.17. The van der Waals surface area contributed by atoms with Crippen molar-refractivity contribution in [3.63, 3.8) is 0 Å². The molecule has 3 rings (SSSR count). The highest BCUT2D eigenvalue weighted by molar-refractivity contribution is 6.35. The topological polar surface area (TPSA) is 51.5 Å². The van der Waals surface area contributed by atoms with Gasteiger partial charge in [-0.2, -0.15) is 0 Å². The molecule has 1 aromatic heterocycles. The lowest BCUT2D eigenvalue weighted by Gasteiger charge is -2.11. The molecule has 0 aliphatic rings. The number of anilines is 1. The van der Waals surface area contributed by atoms with Crippen LogP contribution in [0.4, 0.5) is 5.69 Å². The average molecular weight is 364 g/mol. The molecule has 0 atom stereocenters. The minimum atomic E-state index is -0.375. The number of fused-ring (bicyclic) bond motifs is 1. The van der Waals surface area contributed by atoms with E-state index in [0.717, 1.165) is 16.5 Å². The van der Waals surface area contributed by atoms with E-state index in [-0.39, 0.29) is 11.7 Å². The number of para-hydroxylation sites is 1. The van der Waals surface area contributed by atoms with E-state index >= 15 is 0 Å². The molecule has 1 N–H and O–H groups in total. The van der Waals surface area contributed by atoms with Gasteiger partial charge in [0.25, 0.3) is 5.91 Å². The molecule has 0 bridgehead atoms. The normalized spacial score (nSPS) is 10.9. The first-order valence-electron chi connectivity index (χ1n) is 7.25. The molecule has 1 amide bonds. The summed E-state index contributed by atoms with van der Waals surface area (Å²) in [7, 11) is 1.52.